The molecule has 5 heteroatoms. The summed E-state index contributed by atoms with van der Waals surface area (Å²) in [5, 5.41) is 2.86. The van der Waals surface area contributed by atoms with Crippen molar-refractivity contribution in [1.29, 1.82) is 0 Å². The van der Waals surface area contributed by atoms with Crippen molar-refractivity contribution in [2.75, 3.05) is 24.3 Å². The minimum absolute atomic E-state index is 0.167. The van der Waals surface area contributed by atoms with Crippen LogP contribution in [0.15, 0.2) is 24.3 Å². The minimum Gasteiger partial charge on any atom is -0.392 e. The molecule has 0 saturated heterocycles. The molecule has 1 aromatic rings. The minimum atomic E-state index is -0.810. The Morgan fingerprint density at radius 2 is 1.89 bits per heavy atom. The van der Waals surface area contributed by atoms with Crippen LogP contribution in [-0.2, 0) is 4.79 Å². The van der Waals surface area contributed by atoms with Crippen molar-refractivity contribution in [2.45, 2.75) is 20.3 Å². The van der Waals surface area contributed by atoms with E-state index in [1.54, 1.807) is 6.92 Å². The van der Waals surface area contributed by atoms with Gasteiger partial charge in [0.05, 0.1) is 10.4 Å². The third-order valence-corrected chi connectivity index (χ3v) is 3.84. The van der Waals surface area contributed by atoms with Gasteiger partial charge in [0.1, 0.15) is 0 Å². The Morgan fingerprint density at radius 3 is 2.26 bits per heavy atom. The first-order chi connectivity index (χ1) is 8.81. The topological polar surface area (TPSA) is 58.4 Å². The van der Waals surface area contributed by atoms with Gasteiger partial charge in [-0.05, 0) is 37.6 Å². The molecule has 1 amide bonds. The summed E-state index contributed by atoms with van der Waals surface area (Å²) in [7, 11) is 3.93. The number of rotatable bonds is 5. The Morgan fingerprint density at radius 1 is 1.37 bits per heavy atom. The van der Waals surface area contributed by atoms with E-state index in [2.05, 4.69) is 5.32 Å². The summed E-state index contributed by atoms with van der Waals surface area (Å²) in [6.45, 7) is 3.66. The standard InChI is InChI=1S/C14H21N3OS/c1-5-14(2,12(15)19)13(18)16-10-6-8-11(9-7-10)17(3)4/h6-9H,5H2,1-4H3,(H2,15,19)(H,16,18). The first kappa shape index (κ1) is 15.4. The van der Waals surface area contributed by atoms with Crippen LogP contribution in [0.3, 0.4) is 0 Å². The van der Waals surface area contributed by atoms with E-state index in [1.165, 1.54) is 0 Å². The Bertz CT molecular complexity index is 470. The average molecular weight is 279 g/mol. The third-order valence-electron chi connectivity index (χ3n) is 3.39. The van der Waals surface area contributed by atoms with Crippen molar-refractivity contribution in [2.24, 2.45) is 11.1 Å². The summed E-state index contributed by atoms with van der Waals surface area (Å²) in [6.07, 6.45) is 0.573. The molecule has 1 atom stereocenters. The lowest BCUT2D eigenvalue weighted by molar-refractivity contribution is -0.121. The van der Waals surface area contributed by atoms with Crippen molar-refractivity contribution in [3.8, 4) is 0 Å². The number of thiocarbonyl (C=S) groups is 1. The molecule has 104 valence electrons. The Kier molecular flexibility index (Phi) is 4.89. The first-order valence-electron chi connectivity index (χ1n) is 6.20. The van der Waals surface area contributed by atoms with Gasteiger partial charge in [-0.25, -0.2) is 0 Å². The number of nitrogens with one attached hydrogen (secondary N) is 1. The number of amides is 1. The van der Waals surface area contributed by atoms with E-state index in [1.807, 2.05) is 50.2 Å². The zero-order valence-corrected chi connectivity index (χ0v) is 12.7. The molecule has 0 heterocycles. The second kappa shape index (κ2) is 6.02. The molecule has 0 radical (unpaired) electrons. The summed E-state index contributed by atoms with van der Waals surface area (Å²) in [6, 6.07) is 7.62. The molecule has 1 unspecified atom stereocenters. The van der Waals surface area contributed by atoms with Crippen molar-refractivity contribution in [3.05, 3.63) is 24.3 Å². The molecular formula is C14H21N3OS. The lowest BCUT2D eigenvalue weighted by Gasteiger charge is -2.25. The maximum atomic E-state index is 12.2. The highest BCUT2D eigenvalue weighted by atomic mass is 32.1. The van der Waals surface area contributed by atoms with Crippen LogP contribution in [0.5, 0.6) is 0 Å². The summed E-state index contributed by atoms with van der Waals surface area (Å²) in [5.41, 5.74) is 6.67. The van der Waals surface area contributed by atoms with Gasteiger partial charge in [0.15, 0.2) is 0 Å². The lowest BCUT2D eigenvalue weighted by Crippen LogP contribution is -2.43. The molecule has 0 aliphatic rings. The average Bonchev–Trinajstić information content (AvgIpc) is 2.37. The fraction of sp³-hybridized carbons (Fsp3) is 0.429. The summed E-state index contributed by atoms with van der Waals surface area (Å²) >= 11 is 4.99. The number of nitrogens with zero attached hydrogens (tertiary/aromatic N) is 1. The van der Waals surface area contributed by atoms with Crippen molar-refractivity contribution in [3.63, 3.8) is 0 Å². The summed E-state index contributed by atoms with van der Waals surface area (Å²) < 4.78 is 0. The molecule has 4 nitrogen and oxygen atoms in total. The zero-order chi connectivity index (χ0) is 14.6. The molecule has 0 aliphatic heterocycles. The van der Waals surface area contributed by atoms with Crippen molar-refractivity contribution in [1.82, 2.24) is 0 Å². The summed E-state index contributed by atoms with van der Waals surface area (Å²) in [4.78, 5) is 14.5. The van der Waals surface area contributed by atoms with Gasteiger partial charge < -0.3 is 16.0 Å². The molecule has 0 fully saturated rings. The number of anilines is 2. The van der Waals surface area contributed by atoms with Gasteiger partial charge in [-0.1, -0.05) is 19.1 Å². The molecule has 0 aromatic heterocycles. The fourth-order valence-corrected chi connectivity index (χ4v) is 1.80. The molecule has 19 heavy (non-hydrogen) atoms. The molecule has 1 rings (SSSR count). The smallest absolute Gasteiger partial charge is 0.237 e. The van der Waals surface area contributed by atoms with Crippen LogP contribution < -0.4 is 16.0 Å². The second-order valence-corrected chi connectivity index (χ2v) is 5.39. The van der Waals surface area contributed by atoms with E-state index < -0.39 is 5.41 Å². The van der Waals surface area contributed by atoms with E-state index in [0.29, 0.717) is 6.42 Å². The number of benzene rings is 1. The van der Waals surface area contributed by atoms with Crippen LogP contribution >= 0.6 is 12.2 Å². The van der Waals surface area contributed by atoms with Gasteiger partial charge in [0.25, 0.3) is 0 Å². The number of hydrogen-bond donors (Lipinski definition) is 2. The SMILES string of the molecule is CCC(C)(C(=O)Nc1ccc(N(C)C)cc1)C(N)=S. The van der Waals surface area contributed by atoms with Crippen LogP contribution in [-0.4, -0.2) is 25.0 Å². The predicted molar refractivity (Wildman–Crippen MR) is 84.6 cm³/mol. The molecular weight excluding hydrogens is 258 g/mol. The van der Waals surface area contributed by atoms with Crippen LogP contribution in [0.4, 0.5) is 11.4 Å². The molecule has 0 bridgehead atoms. The van der Waals surface area contributed by atoms with Gasteiger partial charge in [-0.15, -0.1) is 0 Å². The van der Waals surface area contributed by atoms with Gasteiger partial charge in [-0.3, -0.25) is 4.79 Å². The number of carbonyl (C=O) groups is 1. The molecule has 0 saturated carbocycles. The van der Waals surface area contributed by atoms with Crippen molar-refractivity contribution < 1.29 is 4.79 Å². The quantitative estimate of drug-likeness (QED) is 0.813. The maximum absolute atomic E-state index is 12.2. The molecule has 1 aromatic carbocycles. The summed E-state index contributed by atoms with van der Waals surface area (Å²) in [5.74, 6) is -0.167. The normalized spacial score (nSPS) is 13.5. The highest BCUT2D eigenvalue weighted by Gasteiger charge is 2.34. The Hall–Kier alpha value is -1.62. The molecule has 3 N–H and O–H groups in total. The van der Waals surface area contributed by atoms with Gasteiger partial charge in [0, 0.05) is 25.5 Å². The van der Waals surface area contributed by atoms with Crippen LogP contribution in [0.2, 0.25) is 0 Å². The van der Waals surface area contributed by atoms with E-state index in [4.69, 9.17) is 18.0 Å². The first-order valence-corrected chi connectivity index (χ1v) is 6.61. The van der Waals surface area contributed by atoms with Crippen LogP contribution in [0.1, 0.15) is 20.3 Å². The highest BCUT2D eigenvalue weighted by molar-refractivity contribution is 7.80. The van der Waals surface area contributed by atoms with E-state index in [0.717, 1.165) is 11.4 Å². The lowest BCUT2D eigenvalue weighted by atomic mass is 9.86. The third kappa shape index (κ3) is 3.44. The largest absolute Gasteiger partial charge is 0.392 e. The maximum Gasteiger partial charge on any atom is 0.237 e. The zero-order valence-electron chi connectivity index (χ0n) is 11.9. The monoisotopic (exact) mass is 279 g/mol. The van der Waals surface area contributed by atoms with Gasteiger partial charge in [-0.2, -0.15) is 0 Å². The van der Waals surface area contributed by atoms with E-state index >= 15 is 0 Å². The second-order valence-electron chi connectivity index (χ2n) is 4.95. The van der Waals surface area contributed by atoms with Crippen LogP contribution in [0, 0.1) is 5.41 Å². The number of hydrogen-bond acceptors (Lipinski definition) is 3. The molecule has 0 spiro atoms. The van der Waals surface area contributed by atoms with Crippen LogP contribution in [0.25, 0.3) is 0 Å². The predicted octanol–water partition coefficient (Wildman–Crippen LogP) is 2.39. The van der Waals surface area contributed by atoms with E-state index in [9.17, 15) is 4.79 Å². The Balaban J connectivity index is 2.85. The number of carbonyl (C=O) groups excluding carboxylic acids is 1. The van der Waals surface area contributed by atoms with E-state index in [-0.39, 0.29) is 10.9 Å². The number of nitrogens with two attached hydrogens (primary N) is 1. The van der Waals surface area contributed by atoms with Gasteiger partial charge >= 0.3 is 0 Å². The van der Waals surface area contributed by atoms with Gasteiger partial charge in [0.2, 0.25) is 5.91 Å². The fourth-order valence-electron chi connectivity index (χ4n) is 1.56. The van der Waals surface area contributed by atoms with Crippen molar-refractivity contribution >= 4 is 34.5 Å². The highest BCUT2D eigenvalue weighted by Crippen LogP contribution is 2.24. The molecule has 0 aliphatic carbocycles. The Labute approximate surface area is 120 Å².